The van der Waals surface area contributed by atoms with Crippen molar-refractivity contribution in [3.8, 4) is 0 Å². The number of likely N-dealkylation sites (N-methyl/N-ethyl adjacent to an activating group) is 2. The lowest BCUT2D eigenvalue weighted by atomic mass is 9.94. The molecule has 0 amide bonds. The van der Waals surface area contributed by atoms with Crippen LogP contribution in [0.25, 0.3) is 0 Å². The Morgan fingerprint density at radius 3 is 1.52 bits per heavy atom. The molecular weight excluding hydrogens is 404 g/mol. The van der Waals surface area contributed by atoms with E-state index < -0.39 is 0 Å². The number of carbonyl (C=O) groups excluding carboxylic acids is 2. The molecule has 31 heavy (non-hydrogen) atoms. The number of hydrogen-bond donors (Lipinski definition) is 2. The molecule has 2 aliphatic rings. The van der Waals surface area contributed by atoms with E-state index in [1.807, 2.05) is 43.1 Å². The number of carbonyl (C=O) groups is 2. The summed E-state index contributed by atoms with van der Waals surface area (Å²) in [4.78, 5) is 21.9. The summed E-state index contributed by atoms with van der Waals surface area (Å²) in [5.74, 6) is 0.785. The molecule has 0 bridgehead atoms. The second-order valence-electron chi connectivity index (χ2n) is 7.74. The van der Waals surface area contributed by atoms with E-state index in [1.54, 1.807) is 11.3 Å². The zero-order chi connectivity index (χ0) is 22.7. The molecule has 1 aromatic carbocycles. The molecule has 2 atom stereocenters. The fraction of sp³-hybridized carbons (Fsp3) is 0.538. The first-order valence-corrected chi connectivity index (χ1v) is 12.5. The van der Waals surface area contributed by atoms with Gasteiger partial charge in [0.05, 0.1) is 12.1 Å². The van der Waals surface area contributed by atoms with Crippen LogP contribution in [-0.2, 0) is 16.0 Å². The van der Waals surface area contributed by atoms with Crippen molar-refractivity contribution < 1.29 is 9.59 Å². The number of rotatable bonds is 3. The van der Waals surface area contributed by atoms with Gasteiger partial charge in [-0.05, 0) is 62.5 Å². The quantitative estimate of drug-likeness (QED) is 0.662. The zero-order valence-corrected chi connectivity index (χ0v) is 20.3. The van der Waals surface area contributed by atoms with Gasteiger partial charge in [0.25, 0.3) is 0 Å². The highest BCUT2D eigenvalue weighted by Gasteiger charge is 2.19. The normalized spacial score (nSPS) is 20.2. The average molecular weight is 445 g/mol. The minimum atomic E-state index is 0.166. The third kappa shape index (κ3) is 12.6. The summed E-state index contributed by atoms with van der Waals surface area (Å²) in [6.07, 6.45) is 9.38. The molecule has 4 nitrogen and oxygen atoms in total. The largest absolute Gasteiger partial charge is 0.311 e. The number of thiophene rings is 1. The molecule has 0 radical (unpaired) electrons. The Kier molecular flexibility index (Phi) is 15.6. The number of aryl methyl sites for hydroxylation is 1. The SMILES string of the molecule is CCc1ccccc1.CNC1CCCCC1=O.CN[C@H]1CCCCC1=O.c1ccsc1. The number of benzene rings is 1. The molecular formula is C26H40N2O2S. The molecule has 1 aromatic heterocycles. The van der Waals surface area contributed by atoms with Crippen molar-refractivity contribution in [1.29, 1.82) is 0 Å². The second kappa shape index (κ2) is 17.8. The summed E-state index contributed by atoms with van der Waals surface area (Å²) in [5.41, 5.74) is 1.41. The topological polar surface area (TPSA) is 58.2 Å². The molecule has 1 unspecified atom stereocenters. The predicted octanol–water partition coefficient (Wildman–Crippen LogP) is 5.43. The van der Waals surface area contributed by atoms with Crippen LogP contribution in [0.2, 0.25) is 0 Å². The lowest BCUT2D eigenvalue weighted by molar-refractivity contribution is -0.123. The first-order valence-electron chi connectivity index (χ1n) is 11.5. The summed E-state index contributed by atoms with van der Waals surface area (Å²) in [5, 5.41) is 10.1. The monoisotopic (exact) mass is 444 g/mol. The smallest absolute Gasteiger partial charge is 0.149 e. The number of nitrogens with one attached hydrogen (secondary N) is 2. The maximum absolute atomic E-state index is 11.0. The highest BCUT2D eigenvalue weighted by molar-refractivity contribution is 7.07. The molecule has 2 N–H and O–H groups in total. The molecule has 0 spiro atoms. The molecule has 5 heteroatoms. The van der Waals surface area contributed by atoms with Gasteiger partial charge in [-0.1, -0.05) is 62.2 Å². The molecule has 2 saturated carbocycles. The van der Waals surface area contributed by atoms with Crippen molar-refractivity contribution in [1.82, 2.24) is 10.6 Å². The lowest BCUT2D eigenvalue weighted by Gasteiger charge is -2.18. The lowest BCUT2D eigenvalue weighted by Crippen LogP contribution is -2.36. The molecule has 2 aromatic rings. The number of hydrogen-bond acceptors (Lipinski definition) is 5. The number of Topliss-reactive ketones (excluding diaryl/α,β-unsaturated/α-hetero) is 2. The van der Waals surface area contributed by atoms with Crippen LogP contribution in [0.1, 0.15) is 63.9 Å². The van der Waals surface area contributed by atoms with Crippen molar-refractivity contribution in [2.45, 2.75) is 76.8 Å². The van der Waals surface area contributed by atoms with Crippen LogP contribution in [0.3, 0.4) is 0 Å². The molecule has 4 rings (SSSR count). The van der Waals surface area contributed by atoms with Gasteiger partial charge in [-0.3, -0.25) is 9.59 Å². The summed E-state index contributed by atoms with van der Waals surface area (Å²) in [7, 11) is 3.71. The highest BCUT2D eigenvalue weighted by Crippen LogP contribution is 2.14. The van der Waals surface area contributed by atoms with Crippen LogP contribution < -0.4 is 10.6 Å². The van der Waals surface area contributed by atoms with E-state index in [-0.39, 0.29) is 12.1 Å². The van der Waals surface area contributed by atoms with Gasteiger partial charge in [-0.15, -0.1) is 0 Å². The summed E-state index contributed by atoms with van der Waals surface area (Å²) < 4.78 is 0. The van der Waals surface area contributed by atoms with E-state index >= 15 is 0 Å². The van der Waals surface area contributed by atoms with Crippen LogP contribution in [0.15, 0.2) is 53.2 Å². The third-order valence-corrected chi connectivity index (χ3v) is 6.11. The van der Waals surface area contributed by atoms with E-state index in [9.17, 15) is 9.59 Å². The van der Waals surface area contributed by atoms with Crippen molar-refractivity contribution in [2.75, 3.05) is 14.1 Å². The van der Waals surface area contributed by atoms with Crippen LogP contribution in [0.4, 0.5) is 0 Å². The summed E-state index contributed by atoms with van der Waals surface area (Å²) in [6, 6.07) is 14.8. The van der Waals surface area contributed by atoms with E-state index in [4.69, 9.17) is 0 Å². The zero-order valence-electron chi connectivity index (χ0n) is 19.4. The summed E-state index contributed by atoms with van der Waals surface area (Å²) in [6.45, 7) is 2.16. The Morgan fingerprint density at radius 2 is 1.26 bits per heavy atom. The first kappa shape index (κ1) is 27.2. The van der Waals surface area contributed by atoms with Crippen molar-refractivity contribution in [3.05, 3.63) is 58.8 Å². The Balaban J connectivity index is 0.000000211. The van der Waals surface area contributed by atoms with Gasteiger partial charge in [0.1, 0.15) is 11.6 Å². The highest BCUT2D eigenvalue weighted by atomic mass is 32.1. The van der Waals surface area contributed by atoms with Crippen molar-refractivity contribution in [2.24, 2.45) is 0 Å². The van der Waals surface area contributed by atoms with E-state index in [0.29, 0.717) is 11.6 Å². The minimum Gasteiger partial charge on any atom is -0.311 e. The Morgan fingerprint density at radius 1 is 0.774 bits per heavy atom. The van der Waals surface area contributed by atoms with Crippen LogP contribution in [0.5, 0.6) is 0 Å². The van der Waals surface area contributed by atoms with Crippen molar-refractivity contribution in [3.63, 3.8) is 0 Å². The first-order chi connectivity index (χ1) is 15.1. The Hall–Kier alpha value is -1.82. The molecule has 0 aliphatic heterocycles. The Bertz CT molecular complexity index is 643. The predicted molar refractivity (Wildman–Crippen MR) is 133 cm³/mol. The third-order valence-electron chi connectivity index (χ3n) is 5.48. The van der Waals surface area contributed by atoms with E-state index in [0.717, 1.165) is 44.9 Å². The summed E-state index contributed by atoms with van der Waals surface area (Å²) >= 11 is 1.71. The van der Waals surface area contributed by atoms with E-state index in [2.05, 4.69) is 41.8 Å². The van der Waals surface area contributed by atoms with Gasteiger partial charge >= 0.3 is 0 Å². The molecule has 0 saturated heterocycles. The van der Waals surface area contributed by atoms with Gasteiger partial charge in [-0.2, -0.15) is 11.3 Å². The average Bonchev–Trinajstić information content (AvgIpc) is 3.42. The maximum Gasteiger partial charge on any atom is 0.149 e. The van der Waals surface area contributed by atoms with E-state index in [1.165, 1.54) is 18.4 Å². The van der Waals surface area contributed by atoms with Crippen LogP contribution in [0, 0.1) is 0 Å². The molecule has 2 fully saturated rings. The van der Waals surface area contributed by atoms with Gasteiger partial charge < -0.3 is 10.6 Å². The fourth-order valence-electron chi connectivity index (χ4n) is 3.52. The standard InChI is InChI=1S/C8H10.2C7H13NO.C4H4S/c1-2-8-6-4-3-5-7-8;2*1-8-6-4-2-3-5-7(6)9;1-2-4-5-3-1/h3-7H,2H2,1H3;2*6,8H,2-5H2,1H3;1-4H/t;6-;;/m.0../s1. The molecule has 1 heterocycles. The number of ketones is 2. The second-order valence-corrected chi connectivity index (χ2v) is 8.56. The molecule has 2 aliphatic carbocycles. The van der Waals surface area contributed by atoms with Crippen LogP contribution in [-0.4, -0.2) is 37.7 Å². The van der Waals surface area contributed by atoms with Gasteiger partial charge in [-0.25, -0.2) is 0 Å². The van der Waals surface area contributed by atoms with Gasteiger partial charge in [0.2, 0.25) is 0 Å². The minimum absolute atomic E-state index is 0.166. The van der Waals surface area contributed by atoms with Crippen LogP contribution >= 0.6 is 11.3 Å². The molecule has 172 valence electrons. The Labute approximate surface area is 192 Å². The van der Waals surface area contributed by atoms with Crippen molar-refractivity contribution >= 4 is 22.9 Å². The van der Waals surface area contributed by atoms with Gasteiger partial charge in [0, 0.05) is 12.8 Å². The maximum atomic E-state index is 11.0. The van der Waals surface area contributed by atoms with Gasteiger partial charge in [0.15, 0.2) is 0 Å². The fourth-order valence-corrected chi connectivity index (χ4v) is 3.97.